The molecule has 1 aliphatic carbocycles. The molecule has 1 aliphatic rings. The summed E-state index contributed by atoms with van der Waals surface area (Å²) in [5.41, 5.74) is 0. The fourth-order valence-corrected chi connectivity index (χ4v) is 3.08. The summed E-state index contributed by atoms with van der Waals surface area (Å²) in [6.45, 7) is 2.07. The second-order valence-corrected chi connectivity index (χ2v) is 7.79. The first-order valence-corrected chi connectivity index (χ1v) is 9.01. The van der Waals surface area contributed by atoms with Crippen molar-refractivity contribution < 1.29 is 13.2 Å². The largest absolute Gasteiger partial charge is 0.338 e. The van der Waals surface area contributed by atoms with E-state index in [2.05, 4.69) is 15.9 Å². The standard InChI is InChI=1S/C11H20BrNO3S/c1-9(17(2,15)16)11(14)13(8-7-12)10-5-3-4-6-10/h9-10H,3-8H2,1-2H3. The topological polar surface area (TPSA) is 54.5 Å². The fraction of sp³-hybridized carbons (Fsp3) is 0.909. The van der Waals surface area contributed by atoms with Crippen molar-refractivity contribution in [1.82, 2.24) is 4.90 Å². The zero-order valence-corrected chi connectivity index (χ0v) is 12.8. The number of halogens is 1. The van der Waals surface area contributed by atoms with Gasteiger partial charge in [0.1, 0.15) is 5.25 Å². The predicted octanol–water partition coefficient (Wildman–Crippen LogP) is 1.59. The first kappa shape index (κ1) is 15.0. The summed E-state index contributed by atoms with van der Waals surface area (Å²) < 4.78 is 22.9. The Hall–Kier alpha value is -0.100. The zero-order valence-electron chi connectivity index (χ0n) is 10.4. The number of carbonyl (C=O) groups excluding carboxylic acids is 1. The van der Waals surface area contributed by atoms with E-state index in [0.29, 0.717) is 11.9 Å². The Morgan fingerprint density at radius 1 is 1.41 bits per heavy atom. The number of hydrogen-bond acceptors (Lipinski definition) is 3. The Kier molecular flexibility index (Phi) is 5.44. The van der Waals surface area contributed by atoms with Crippen molar-refractivity contribution in [2.75, 3.05) is 18.1 Å². The van der Waals surface area contributed by atoms with Gasteiger partial charge in [0.05, 0.1) is 0 Å². The Labute approximate surface area is 112 Å². The molecule has 0 aliphatic heterocycles. The summed E-state index contributed by atoms with van der Waals surface area (Å²) in [7, 11) is -3.30. The summed E-state index contributed by atoms with van der Waals surface area (Å²) in [6.07, 6.45) is 5.37. The number of nitrogens with zero attached hydrogens (tertiary/aromatic N) is 1. The molecule has 1 fully saturated rings. The van der Waals surface area contributed by atoms with Crippen LogP contribution in [0, 0.1) is 0 Å². The van der Waals surface area contributed by atoms with E-state index in [0.717, 1.165) is 31.9 Å². The van der Waals surface area contributed by atoms with E-state index >= 15 is 0 Å². The number of sulfone groups is 1. The van der Waals surface area contributed by atoms with Crippen molar-refractivity contribution in [3.8, 4) is 0 Å². The van der Waals surface area contributed by atoms with Crippen molar-refractivity contribution in [3.05, 3.63) is 0 Å². The van der Waals surface area contributed by atoms with Crippen LogP contribution in [0.2, 0.25) is 0 Å². The average Bonchev–Trinajstić information content (AvgIpc) is 2.75. The van der Waals surface area contributed by atoms with Crippen LogP contribution in [0.15, 0.2) is 0 Å². The average molecular weight is 326 g/mol. The van der Waals surface area contributed by atoms with Gasteiger partial charge < -0.3 is 4.90 Å². The third kappa shape index (κ3) is 3.95. The summed E-state index contributed by atoms with van der Waals surface area (Å²) in [5, 5.41) is -0.242. The van der Waals surface area contributed by atoms with Crippen LogP contribution in [0.5, 0.6) is 0 Å². The van der Waals surface area contributed by atoms with Crippen molar-refractivity contribution >= 4 is 31.7 Å². The summed E-state index contributed by atoms with van der Waals surface area (Å²) in [6, 6.07) is 0.226. The summed E-state index contributed by atoms with van der Waals surface area (Å²) in [4.78, 5) is 13.9. The summed E-state index contributed by atoms with van der Waals surface area (Å²) in [5.74, 6) is -0.251. The van der Waals surface area contributed by atoms with Crippen LogP contribution in [-0.4, -0.2) is 48.6 Å². The molecule has 0 radical (unpaired) electrons. The van der Waals surface area contributed by atoms with Crippen molar-refractivity contribution in [2.24, 2.45) is 0 Å². The highest BCUT2D eigenvalue weighted by molar-refractivity contribution is 9.09. The third-order valence-electron chi connectivity index (χ3n) is 3.36. The lowest BCUT2D eigenvalue weighted by Gasteiger charge is -2.30. The van der Waals surface area contributed by atoms with Gasteiger partial charge in [-0.2, -0.15) is 0 Å². The minimum absolute atomic E-state index is 0.226. The van der Waals surface area contributed by atoms with E-state index < -0.39 is 15.1 Å². The van der Waals surface area contributed by atoms with Crippen LogP contribution >= 0.6 is 15.9 Å². The first-order valence-electron chi connectivity index (χ1n) is 5.93. The molecule has 1 rings (SSSR count). The lowest BCUT2D eigenvalue weighted by atomic mass is 10.2. The number of hydrogen-bond donors (Lipinski definition) is 0. The minimum atomic E-state index is -3.30. The molecule has 1 saturated carbocycles. The van der Waals surface area contributed by atoms with Gasteiger partial charge >= 0.3 is 0 Å². The van der Waals surface area contributed by atoms with Crippen molar-refractivity contribution in [3.63, 3.8) is 0 Å². The highest BCUT2D eigenvalue weighted by Crippen LogP contribution is 2.24. The van der Waals surface area contributed by atoms with Crippen LogP contribution in [0.4, 0.5) is 0 Å². The van der Waals surface area contributed by atoms with E-state index in [1.165, 1.54) is 6.92 Å². The van der Waals surface area contributed by atoms with Gasteiger partial charge in [-0.1, -0.05) is 28.8 Å². The van der Waals surface area contributed by atoms with Crippen LogP contribution in [0.25, 0.3) is 0 Å². The second-order valence-electron chi connectivity index (χ2n) is 4.63. The van der Waals surface area contributed by atoms with Gasteiger partial charge in [-0.15, -0.1) is 0 Å². The monoisotopic (exact) mass is 325 g/mol. The fourth-order valence-electron chi connectivity index (χ4n) is 2.20. The molecule has 6 heteroatoms. The molecule has 0 aromatic heterocycles. The van der Waals surface area contributed by atoms with E-state index in [-0.39, 0.29) is 11.9 Å². The Balaban J connectivity index is 2.79. The number of amides is 1. The highest BCUT2D eigenvalue weighted by Gasteiger charge is 2.33. The van der Waals surface area contributed by atoms with Gasteiger partial charge in [0.2, 0.25) is 5.91 Å². The maximum Gasteiger partial charge on any atom is 0.240 e. The lowest BCUT2D eigenvalue weighted by Crippen LogP contribution is -2.46. The highest BCUT2D eigenvalue weighted by atomic mass is 79.9. The van der Waals surface area contributed by atoms with Crippen LogP contribution < -0.4 is 0 Å². The van der Waals surface area contributed by atoms with E-state index in [4.69, 9.17) is 0 Å². The first-order chi connectivity index (χ1) is 7.88. The quantitative estimate of drug-likeness (QED) is 0.721. The lowest BCUT2D eigenvalue weighted by molar-refractivity contribution is -0.132. The van der Waals surface area contributed by atoms with E-state index in [9.17, 15) is 13.2 Å². The van der Waals surface area contributed by atoms with Gasteiger partial charge in [0.15, 0.2) is 9.84 Å². The SMILES string of the molecule is CC(C(=O)N(CCBr)C1CCCC1)S(C)(=O)=O. The van der Waals surface area contributed by atoms with Crippen LogP contribution in [0.3, 0.4) is 0 Å². The Morgan fingerprint density at radius 3 is 2.35 bits per heavy atom. The molecule has 0 bridgehead atoms. The van der Waals surface area contributed by atoms with Gasteiger partial charge in [-0.3, -0.25) is 4.79 Å². The van der Waals surface area contributed by atoms with Gasteiger partial charge in [0, 0.05) is 24.2 Å². The van der Waals surface area contributed by atoms with Gasteiger partial charge in [-0.05, 0) is 19.8 Å². The normalized spacial score (nSPS) is 19.2. The molecule has 4 nitrogen and oxygen atoms in total. The molecule has 0 heterocycles. The molecule has 0 N–H and O–H groups in total. The molecule has 0 spiro atoms. The van der Waals surface area contributed by atoms with Gasteiger partial charge in [0.25, 0.3) is 0 Å². The molecule has 1 atom stereocenters. The molecule has 0 saturated heterocycles. The Morgan fingerprint density at radius 2 is 1.94 bits per heavy atom. The zero-order chi connectivity index (χ0) is 13.1. The smallest absolute Gasteiger partial charge is 0.240 e. The molecule has 1 amide bonds. The van der Waals surface area contributed by atoms with Gasteiger partial charge in [-0.25, -0.2) is 8.42 Å². The number of alkyl halides is 1. The van der Waals surface area contributed by atoms with Crippen molar-refractivity contribution in [2.45, 2.75) is 43.9 Å². The van der Waals surface area contributed by atoms with Crippen LogP contribution in [0.1, 0.15) is 32.6 Å². The molecular formula is C11H20BrNO3S. The van der Waals surface area contributed by atoms with Crippen LogP contribution in [-0.2, 0) is 14.6 Å². The molecular weight excluding hydrogens is 306 g/mol. The molecule has 100 valence electrons. The Bertz CT molecular complexity index is 363. The minimum Gasteiger partial charge on any atom is -0.338 e. The number of carbonyl (C=O) groups is 1. The second kappa shape index (κ2) is 6.18. The molecule has 0 aromatic carbocycles. The van der Waals surface area contributed by atoms with Crippen molar-refractivity contribution in [1.29, 1.82) is 0 Å². The molecule has 17 heavy (non-hydrogen) atoms. The molecule has 0 aromatic rings. The maximum atomic E-state index is 12.2. The summed E-state index contributed by atoms with van der Waals surface area (Å²) >= 11 is 3.32. The molecule has 1 unspecified atom stereocenters. The van der Waals surface area contributed by atoms with E-state index in [1.807, 2.05) is 0 Å². The maximum absolute atomic E-state index is 12.2. The van der Waals surface area contributed by atoms with E-state index in [1.54, 1.807) is 4.90 Å². The third-order valence-corrected chi connectivity index (χ3v) is 5.20. The number of rotatable bonds is 5. The predicted molar refractivity (Wildman–Crippen MR) is 72.1 cm³/mol.